The normalized spacial score (nSPS) is 17.8. The van der Waals surface area contributed by atoms with Crippen molar-refractivity contribution in [2.45, 2.75) is 6.42 Å². The molecule has 0 saturated carbocycles. The number of hydrogen-bond acceptors (Lipinski definition) is 0. The van der Waals surface area contributed by atoms with E-state index in [4.69, 9.17) is 0 Å². The van der Waals surface area contributed by atoms with E-state index in [0.29, 0.717) is 0 Å². The van der Waals surface area contributed by atoms with Gasteiger partial charge in [0.2, 0.25) is 0 Å². The van der Waals surface area contributed by atoms with Gasteiger partial charge in [-0.05, 0) is 18.1 Å². The molecule has 1 heteroatoms. The summed E-state index contributed by atoms with van der Waals surface area (Å²) in [4.78, 5) is 0. The Morgan fingerprint density at radius 3 is 2.83 bits per heavy atom. The first-order valence-electron chi connectivity index (χ1n) is 4.01. The third-order valence-corrected chi connectivity index (χ3v) is 1.53. The van der Waals surface area contributed by atoms with Gasteiger partial charge in [0.15, 0.2) is 0 Å². The molecule has 0 radical (unpaired) electrons. The number of allylic oxidation sites excluding steroid dienone is 8. The average Bonchev–Trinajstić information content (AvgIpc) is 2.02. The standard InChI is InChI=1S/C11H13N/c1-10-7-5-3-2-4-6-8-11(12)9-10/h2,4-9H,1,3,12H2/p+1. The largest absolute Gasteiger partial charge is 0.325 e. The Bertz CT molecular complexity index is 277. The Morgan fingerprint density at radius 1 is 1.17 bits per heavy atom. The van der Waals surface area contributed by atoms with Crippen LogP contribution in [0.1, 0.15) is 6.42 Å². The van der Waals surface area contributed by atoms with Crippen LogP contribution in [-0.2, 0) is 0 Å². The second-order valence-electron chi connectivity index (χ2n) is 2.72. The molecule has 0 unspecified atom stereocenters. The molecular weight excluding hydrogens is 146 g/mol. The summed E-state index contributed by atoms with van der Waals surface area (Å²) in [5.41, 5.74) is 5.85. The van der Waals surface area contributed by atoms with Crippen LogP contribution in [0.4, 0.5) is 0 Å². The minimum Gasteiger partial charge on any atom is -0.325 e. The summed E-state index contributed by atoms with van der Waals surface area (Å²) in [5, 5.41) is 0. The average molecular weight is 160 g/mol. The predicted octanol–water partition coefficient (Wildman–Crippen LogP) is 1.74. The molecule has 0 atom stereocenters. The van der Waals surface area contributed by atoms with Crippen molar-refractivity contribution < 1.29 is 5.73 Å². The second kappa shape index (κ2) is 4.52. The quantitative estimate of drug-likeness (QED) is 0.559. The Balaban J connectivity index is 2.83. The van der Waals surface area contributed by atoms with Crippen LogP contribution in [0.5, 0.6) is 0 Å². The molecule has 62 valence electrons. The summed E-state index contributed by atoms with van der Waals surface area (Å²) in [6.45, 7) is 3.88. The van der Waals surface area contributed by atoms with Crippen LogP contribution in [-0.4, -0.2) is 0 Å². The number of quaternary nitrogens is 1. The molecule has 0 aromatic carbocycles. The molecule has 0 saturated heterocycles. The van der Waals surface area contributed by atoms with Crippen molar-refractivity contribution >= 4 is 0 Å². The van der Waals surface area contributed by atoms with E-state index in [1.54, 1.807) is 0 Å². The minimum absolute atomic E-state index is 0.962. The zero-order valence-corrected chi connectivity index (χ0v) is 7.16. The Kier molecular flexibility index (Phi) is 3.30. The lowest BCUT2D eigenvalue weighted by atomic mass is 10.2. The summed E-state index contributed by atoms with van der Waals surface area (Å²) in [5.74, 6) is 0. The van der Waals surface area contributed by atoms with Gasteiger partial charge in [-0.15, -0.1) is 0 Å². The molecule has 0 heterocycles. The van der Waals surface area contributed by atoms with Gasteiger partial charge in [-0.25, -0.2) is 0 Å². The summed E-state index contributed by atoms with van der Waals surface area (Å²) >= 11 is 0. The molecule has 1 rings (SSSR count). The third kappa shape index (κ3) is 3.17. The SMILES string of the molecule is C=C1C=CCC=CC=CC([NH3+])=C1. The summed E-state index contributed by atoms with van der Waals surface area (Å²) in [7, 11) is 0. The van der Waals surface area contributed by atoms with Crippen LogP contribution in [0.3, 0.4) is 0 Å². The lowest BCUT2D eigenvalue weighted by Crippen LogP contribution is -2.46. The number of rotatable bonds is 0. The molecule has 1 aliphatic carbocycles. The zero-order valence-electron chi connectivity index (χ0n) is 7.16. The van der Waals surface area contributed by atoms with Crippen molar-refractivity contribution in [2.75, 3.05) is 0 Å². The van der Waals surface area contributed by atoms with Crippen LogP contribution >= 0.6 is 0 Å². The molecule has 0 amide bonds. The van der Waals surface area contributed by atoms with Crippen molar-refractivity contribution in [1.29, 1.82) is 0 Å². The first-order chi connectivity index (χ1) is 5.79. The van der Waals surface area contributed by atoms with E-state index in [2.05, 4.69) is 24.5 Å². The maximum absolute atomic E-state index is 3.88. The molecule has 0 aromatic heterocycles. The maximum atomic E-state index is 3.88. The fraction of sp³-hybridized carbons (Fsp3) is 0.0909. The second-order valence-corrected chi connectivity index (χ2v) is 2.72. The summed E-state index contributed by atoms with van der Waals surface area (Å²) in [6, 6.07) is 0. The molecule has 0 aromatic rings. The van der Waals surface area contributed by atoms with Gasteiger partial charge < -0.3 is 5.73 Å². The Hall–Kier alpha value is -1.34. The first kappa shape index (κ1) is 8.75. The molecule has 0 spiro atoms. The van der Waals surface area contributed by atoms with Crippen LogP contribution < -0.4 is 5.73 Å². The molecule has 0 fully saturated rings. The molecule has 0 bridgehead atoms. The van der Waals surface area contributed by atoms with Gasteiger partial charge in [0.05, 0.1) is 0 Å². The third-order valence-electron chi connectivity index (χ3n) is 1.53. The van der Waals surface area contributed by atoms with Crippen molar-refractivity contribution in [3.8, 4) is 0 Å². The molecule has 0 aliphatic heterocycles. The molecule has 12 heavy (non-hydrogen) atoms. The van der Waals surface area contributed by atoms with Crippen LogP contribution in [0.2, 0.25) is 0 Å². The van der Waals surface area contributed by atoms with Gasteiger partial charge in [-0.1, -0.05) is 37.0 Å². The highest BCUT2D eigenvalue weighted by molar-refractivity contribution is 5.33. The van der Waals surface area contributed by atoms with Gasteiger partial charge in [0.1, 0.15) is 5.70 Å². The molecular formula is C11H14N+. The lowest BCUT2D eigenvalue weighted by Gasteiger charge is -1.91. The van der Waals surface area contributed by atoms with E-state index in [-0.39, 0.29) is 0 Å². The Morgan fingerprint density at radius 2 is 2.00 bits per heavy atom. The highest BCUT2D eigenvalue weighted by atomic mass is 14.5. The molecule has 1 nitrogen and oxygen atoms in total. The highest BCUT2D eigenvalue weighted by Gasteiger charge is 1.88. The topological polar surface area (TPSA) is 27.6 Å². The van der Waals surface area contributed by atoms with E-state index in [1.807, 2.05) is 30.4 Å². The summed E-state index contributed by atoms with van der Waals surface area (Å²) < 4.78 is 0. The van der Waals surface area contributed by atoms with Gasteiger partial charge in [0.25, 0.3) is 0 Å². The van der Waals surface area contributed by atoms with E-state index in [0.717, 1.165) is 17.7 Å². The van der Waals surface area contributed by atoms with E-state index in [1.165, 1.54) is 0 Å². The van der Waals surface area contributed by atoms with Crippen LogP contribution in [0, 0.1) is 0 Å². The van der Waals surface area contributed by atoms with Gasteiger partial charge in [0, 0.05) is 6.08 Å². The lowest BCUT2D eigenvalue weighted by molar-refractivity contribution is -0.295. The molecule has 1 aliphatic rings. The predicted molar refractivity (Wildman–Crippen MR) is 52.1 cm³/mol. The minimum atomic E-state index is 0.962. The van der Waals surface area contributed by atoms with Crippen molar-refractivity contribution in [1.82, 2.24) is 0 Å². The smallest absolute Gasteiger partial charge is 0.128 e. The van der Waals surface area contributed by atoms with E-state index < -0.39 is 0 Å². The zero-order chi connectivity index (χ0) is 8.81. The van der Waals surface area contributed by atoms with Crippen LogP contribution in [0.25, 0.3) is 0 Å². The van der Waals surface area contributed by atoms with E-state index >= 15 is 0 Å². The highest BCUT2D eigenvalue weighted by Crippen LogP contribution is 2.01. The van der Waals surface area contributed by atoms with Gasteiger partial charge >= 0.3 is 0 Å². The van der Waals surface area contributed by atoms with Gasteiger partial charge in [-0.2, -0.15) is 0 Å². The fourth-order valence-corrected chi connectivity index (χ4v) is 0.969. The first-order valence-corrected chi connectivity index (χ1v) is 4.01. The van der Waals surface area contributed by atoms with Crippen molar-refractivity contribution in [3.05, 3.63) is 60.4 Å². The monoisotopic (exact) mass is 160 g/mol. The van der Waals surface area contributed by atoms with Gasteiger partial charge in [-0.3, -0.25) is 0 Å². The Labute approximate surface area is 73.3 Å². The number of hydrogen-bond donors (Lipinski definition) is 1. The summed E-state index contributed by atoms with van der Waals surface area (Å²) in [6.07, 6.45) is 15.1. The fourth-order valence-electron chi connectivity index (χ4n) is 0.969. The van der Waals surface area contributed by atoms with Crippen LogP contribution in [0.15, 0.2) is 60.4 Å². The maximum Gasteiger partial charge on any atom is 0.128 e. The van der Waals surface area contributed by atoms with E-state index in [9.17, 15) is 0 Å². The van der Waals surface area contributed by atoms with Crippen molar-refractivity contribution in [3.63, 3.8) is 0 Å². The van der Waals surface area contributed by atoms with Crippen molar-refractivity contribution in [2.24, 2.45) is 0 Å². The molecule has 3 N–H and O–H groups in total.